The number of hydrogen-bond donors (Lipinski definition) is 2. The Morgan fingerprint density at radius 1 is 1.05 bits per heavy atom. The van der Waals surface area contributed by atoms with E-state index < -0.39 is 0 Å². The monoisotopic (exact) mass is 338 g/mol. The summed E-state index contributed by atoms with van der Waals surface area (Å²) in [5, 5.41) is 6.98. The average molecular weight is 339 g/mol. The first-order valence-corrected chi connectivity index (χ1v) is 7.30. The Kier molecular flexibility index (Phi) is 5.56. The first kappa shape index (κ1) is 15.8. The van der Waals surface area contributed by atoms with Crippen LogP contribution in [0.4, 0.5) is 5.69 Å². The Balaban J connectivity index is 1.87. The zero-order chi connectivity index (χ0) is 15.2. The molecule has 0 aliphatic rings. The van der Waals surface area contributed by atoms with Crippen LogP contribution in [0.2, 0.25) is 10.0 Å². The van der Waals surface area contributed by atoms with Crippen LogP contribution in [-0.4, -0.2) is 11.0 Å². The lowest BCUT2D eigenvalue weighted by atomic mass is 10.1. The van der Waals surface area contributed by atoms with Crippen molar-refractivity contribution >= 4 is 52.1 Å². The summed E-state index contributed by atoms with van der Waals surface area (Å²) >= 11 is 16.8. The second-order valence-corrected chi connectivity index (χ2v) is 5.60. The fourth-order valence-corrected chi connectivity index (χ4v) is 2.24. The minimum absolute atomic E-state index is 0.197. The third kappa shape index (κ3) is 5.34. The van der Waals surface area contributed by atoms with Crippen molar-refractivity contribution in [1.82, 2.24) is 5.32 Å². The van der Waals surface area contributed by atoms with Crippen LogP contribution in [0.1, 0.15) is 5.56 Å². The highest BCUT2D eigenvalue weighted by Gasteiger charge is 2.06. The molecule has 0 saturated heterocycles. The van der Waals surface area contributed by atoms with Gasteiger partial charge in [-0.2, -0.15) is 0 Å². The Labute approximate surface area is 138 Å². The molecule has 0 bridgehead atoms. The van der Waals surface area contributed by atoms with Crippen LogP contribution < -0.4 is 10.6 Å². The van der Waals surface area contributed by atoms with Gasteiger partial charge >= 0.3 is 0 Å². The van der Waals surface area contributed by atoms with Gasteiger partial charge in [0, 0.05) is 15.7 Å². The molecule has 21 heavy (non-hydrogen) atoms. The van der Waals surface area contributed by atoms with Gasteiger partial charge in [-0.3, -0.25) is 4.79 Å². The number of anilines is 1. The quantitative estimate of drug-likeness (QED) is 0.829. The minimum Gasteiger partial charge on any atom is -0.332 e. The second-order valence-electron chi connectivity index (χ2n) is 4.32. The highest BCUT2D eigenvalue weighted by atomic mass is 35.5. The molecule has 2 aromatic rings. The molecule has 0 heterocycles. The Morgan fingerprint density at radius 2 is 1.76 bits per heavy atom. The number of thiocarbonyl (C=S) groups is 1. The summed E-state index contributed by atoms with van der Waals surface area (Å²) in [5.74, 6) is -0.197. The molecule has 0 aromatic heterocycles. The third-order valence-electron chi connectivity index (χ3n) is 2.61. The number of carbonyl (C=O) groups excluding carboxylic acids is 1. The van der Waals surface area contributed by atoms with E-state index in [2.05, 4.69) is 10.6 Å². The van der Waals surface area contributed by atoms with E-state index in [0.717, 1.165) is 11.3 Å². The standard InChI is InChI=1S/C15H12Cl2N2OS/c16-11-6-4-10(5-7-11)8-14(20)19-15(21)18-13-3-1-2-12(17)9-13/h1-7,9H,8H2,(H2,18,19,20,21). The van der Waals surface area contributed by atoms with Gasteiger partial charge in [0.2, 0.25) is 5.91 Å². The smallest absolute Gasteiger partial charge is 0.230 e. The van der Waals surface area contributed by atoms with Gasteiger partial charge in [-0.1, -0.05) is 41.4 Å². The van der Waals surface area contributed by atoms with Crippen LogP contribution in [0, 0.1) is 0 Å². The van der Waals surface area contributed by atoms with E-state index >= 15 is 0 Å². The number of rotatable bonds is 3. The predicted octanol–water partition coefficient (Wildman–Crippen LogP) is 4.05. The highest BCUT2D eigenvalue weighted by molar-refractivity contribution is 7.80. The van der Waals surface area contributed by atoms with Crippen LogP contribution in [-0.2, 0) is 11.2 Å². The van der Waals surface area contributed by atoms with Crippen molar-refractivity contribution < 1.29 is 4.79 Å². The van der Waals surface area contributed by atoms with E-state index in [1.165, 1.54) is 0 Å². The summed E-state index contributed by atoms with van der Waals surface area (Å²) in [6.07, 6.45) is 0.231. The first-order chi connectivity index (χ1) is 10.0. The van der Waals surface area contributed by atoms with Gasteiger partial charge in [0.15, 0.2) is 5.11 Å². The van der Waals surface area contributed by atoms with Crippen molar-refractivity contribution in [2.75, 3.05) is 5.32 Å². The van der Waals surface area contributed by atoms with Gasteiger partial charge in [-0.15, -0.1) is 0 Å². The Bertz CT molecular complexity index is 659. The van der Waals surface area contributed by atoms with Gasteiger partial charge in [-0.05, 0) is 48.1 Å². The van der Waals surface area contributed by atoms with E-state index in [0.29, 0.717) is 10.0 Å². The van der Waals surface area contributed by atoms with E-state index in [9.17, 15) is 4.79 Å². The molecule has 108 valence electrons. The van der Waals surface area contributed by atoms with E-state index in [1.807, 2.05) is 6.07 Å². The van der Waals surface area contributed by atoms with Gasteiger partial charge < -0.3 is 10.6 Å². The Morgan fingerprint density at radius 3 is 2.43 bits per heavy atom. The molecule has 3 nitrogen and oxygen atoms in total. The second kappa shape index (κ2) is 7.41. The minimum atomic E-state index is -0.197. The lowest BCUT2D eigenvalue weighted by Crippen LogP contribution is -2.35. The van der Waals surface area contributed by atoms with Crippen LogP contribution in [0.3, 0.4) is 0 Å². The fraction of sp³-hybridized carbons (Fsp3) is 0.0667. The summed E-state index contributed by atoms with van der Waals surface area (Å²) in [4.78, 5) is 11.9. The molecule has 6 heteroatoms. The summed E-state index contributed by atoms with van der Waals surface area (Å²) in [6, 6.07) is 14.2. The van der Waals surface area contributed by atoms with Gasteiger partial charge in [0.25, 0.3) is 0 Å². The molecule has 0 aliphatic heterocycles. The van der Waals surface area contributed by atoms with E-state index in [-0.39, 0.29) is 17.4 Å². The maximum atomic E-state index is 11.9. The van der Waals surface area contributed by atoms with Crippen LogP contribution in [0.5, 0.6) is 0 Å². The molecule has 0 aliphatic carbocycles. The number of benzene rings is 2. The van der Waals surface area contributed by atoms with Crippen LogP contribution in [0.15, 0.2) is 48.5 Å². The van der Waals surface area contributed by atoms with Crippen LogP contribution in [0.25, 0.3) is 0 Å². The Hall–Kier alpha value is -1.62. The molecule has 2 rings (SSSR count). The molecule has 0 atom stereocenters. The summed E-state index contributed by atoms with van der Waals surface area (Å²) in [6.45, 7) is 0. The molecule has 2 aromatic carbocycles. The number of nitrogens with one attached hydrogen (secondary N) is 2. The average Bonchev–Trinajstić information content (AvgIpc) is 2.41. The summed E-state index contributed by atoms with van der Waals surface area (Å²) in [5.41, 5.74) is 1.58. The molecular formula is C15H12Cl2N2OS. The lowest BCUT2D eigenvalue weighted by molar-refractivity contribution is -0.119. The van der Waals surface area contributed by atoms with Crippen molar-refractivity contribution in [1.29, 1.82) is 0 Å². The zero-order valence-corrected chi connectivity index (χ0v) is 13.2. The number of carbonyl (C=O) groups is 1. The first-order valence-electron chi connectivity index (χ1n) is 6.14. The van der Waals surface area contributed by atoms with Crippen molar-refractivity contribution in [2.24, 2.45) is 0 Å². The van der Waals surface area contributed by atoms with Gasteiger partial charge in [0.1, 0.15) is 0 Å². The van der Waals surface area contributed by atoms with Crippen molar-refractivity contribution in [3.8, 4) is 0 Å². The molecule has 2 N–H and O–H groups in total. The molecule has 0 radical (unpaired) electrons. The predicted molar refractivity (Wildman–Crippen MR) is 91.0 cm³/mol. The molecule has 0 saturated carbocycles. The maximum absolute atomic E-state index is 11.9. The van der Waals surface area contributed by atoms with E-state index in [1.54, 1.807) is 42.5 Å². The third-order valence-corrected chi connectivity index (χ3v) is 3.30. The molecule has 0 fully saturated rings. The number of hydrogen-bond acceptors (Lipinski definition) is 2. The largest absolute Gasteiger partial charge is 0.332 e. The summed E-state index contributed by atoms with van der Waals surface area (Å²) in [7, 11) is 0. The molecular weight excluding hydrogens is 327 g/mol. The number of halogens is 2. The lowest BCUT2D eigenvalue weighted by Gasteiger charge is -2.09. The normalized spacial score (nSPS) is 10.0. The summed E-state index contributed by atoms with van der Waals surface area (Å²) < 4.78 is 0. The number of amides is 1. The fourth-order valence-electron chi connectivity index (χ4n) is 1.69. The van der Waals surface area contributed by atoms with Crippen molar-refractivity contribution in [2.45, 2.75) is 6.42 Å². The van der Waals surface area contributed by atoms with Gasteiger partial charge in [0.05, 0.1) is 6.42 Å². The topological polar surface area (TPSA) is 41.1 Å². The molecule has 0 spiro atoms. The molecule has 1 amide bonds. The van der Waals surface area contributed by atoms with Crippen molar-refractivity contribution in [3.05, 3.63) is 64.1 Å². The van der Waals surface area contributed by atoms with E-state index in [4.69, 9.17) is 35.4 Å². The van der Waals surface area contributed by atoms with Gasteiger partial charge in [-0.25, -0.2) is 0 Å². The zero-order valence-electron chi connectivity index (χ0n) is 10.9. The maximum Gasteiger partial charge on any atom is 0.230 e. The highest BCUT2D eigenvalue weighted by Crippen LogP contribution is 2.14. The molecule has 0 unspecified atom stereocenters. The van der Waals surface area contributed by atoms with Crippen molar-refractivity contribution in [3.63, 3.8) is 0 Å². The van der Waals surface area contributed by atoms with Crippen LogP contribution >= 0.6 is 35.4 Å². The SMILES string of the molecule is O=C(Cc1ccc(Cl)cc1)NC(=S)Nc1cccc(Cl)c1.